The van der Waals surface area contributed by atoms with E-state index >= 15 is 0 Å². The summed E-state index contributed by atoms with van der Waals surface area (Å²) in [6.07, 6.45) is 0. The fourth-order valence-corrected chi connectivity index (χ4v) is 2.58. The van der Waals surface area contributed by atoms with Gasteiger partial charge in [0, 0.05) is 25.0 Å². The van der Waals surface area contributed by atoms with Crippen molar-refractivity contribution in [3.63, 3.8) is 0 Å². The highest BCUT2D eigenvalue weighted by atomic mass is 32.1. The lowest BCUT2D eigenvalue weighted by Gasteiger charge is -2.19. The predicted octanol–water partition coefficient (Wildman–Crippen LogP) is 2.14. The van der Waals surface area contributed by atoms with Crippen molar-refractivity contribution in [2.75, 3.05) is 35.7 Å². The molecule has 0 aliphatic rings. The van der Waals surface area contributed by atoms with Crippen molar-refractivity contribution < 1.29 is 0 Å². The van der Waals surface area contributed by atoms with Crippen molar-refractivity contribution >= 4 is 29.2 Å². The van der Waals surface area contributed by atoms with E-state index in [1.807, 2.05) is 12.4 Å². The van der Waals surface area contributed by atoms with E-state index < -0.39 is 0 Å². The van der Waals surface area contributed by atoms with Crippen LogP contribution in [0.5, 0.6) is 0 Å². The average Bonchev–Trinajstić information content (AvgIpc) is 2.91. The molecule has 2 heterocycles. The highest BCUT2D eigenvalue weighted by Crippen LogP contribution is 2.16. The first-order valence-corrected chi connectivity index (χ1v) is 7.87. The molecule has 0 aliphatic heterocycles. The van der Waals surface area contributed by atoms with E-state index in [1.54, 1.807) is 18.4 Å². The fraction of sp³-hybridized carbons (Fsp3) is 0.538. The van der Waals surface area contributed by atoms with Crippen LogP contribution in [0.15, 0.2) is 5.51 Å². The summed E-state index contributed by atoms with van der Waals surface area (Å²) in [5, 5.41) is 6.22. The van der Waals surface area contributed by atoms with Gasteiger partial charge in [0.15, 0.2) is 0 Å². The Kier molecular flexibility index (Phi) is 5.26. The van der Waals surface area contributed by atoms with Crippen LogP contribution in [0.25, 0.3) is 0 Å². The van der Waals surface area contributed by atoms with Gasteiger partial charge in [-0.25, -0.2) is 4.98 Å². The Bertz CT molecular complexity index is 580. The first kappa shape index (κ1) is 15.4. The molecule has 8 heteroatoms. The number of rotatable bonds is 7. The normalized spacial score (nSPS) is 10.5. The SMILES string of the molecule is CCN(CC)c1nc(NC)nc(NCc2scnc2C)n1. The van der Waals surface area contributed by atoms with Gasteiger partial charge in [-0.2, -0.15) is 15.0 Å². The summed E-state index contributed by atoms with van der Waals surface area (Å²) in [5.74, 6) is 1.82. The maximum atomic E-state index is 4.49. The smallest absolute Gasteiger partial charge is 0.231 e. The topological polar surface area (TPSA) is 78.9 Å². The monoisotopic (exact) mass is 307 g/mol. The molecule has 114 valence electrons. The Labute approximate surface area is 128 Å². The van der Waals surface area contributed by atoms with Gasteiger partial charge in [-0.3, -0.25) is 0 Å². The average molecular weight is 307 g/mol. The molecular weight excluding hydrogens is 286 g/mol. The van der Waals surface area contributed by atoms with E-state index in [-0.39, 0.29) is 0 Å². The molecule has 0 aliphatic carbocycles. The maximum Gasteiger partial charge on any atom is 0.231 e. The van der Waals surface area contributed by atoms with Gasteiger partial charge < -0.3 is 15.5 Å². The van der Waals surface area contributed by atoms with Crippen LogP contribution in [0, 0.1) is 6.92 Å². The zero-order valence-electron chi connectivity index (χ0n) is 12.8. The number of hydrogen-bond acceptors (Lipinski definition) is 8. The zero-order chi connectivity index (χ0) is 15.2. The van der Waals surface area contributed by atoms with Crippen LogP contribution in [-0.4, -0.2) is 40.1 Å². The van der Waals surface area contributed by atoms with E-state index in [1.165, 1.54) is 4.88 Å². The van der Waals surface area contributed by atoms with E-state index in [9.17, 15) is 0 Å². The Morgan fingerprint density at radius 2 is 1.86 bits per heavy atom. The summed E-state index contributed by atoms with van der Waals surface area (Å²) >= 11 is 1.63. The Balaban J connectivity index is 2.18. The van der Waals surface area contributed by atoms with Gasteiger partial charge in [-0.15, -0.1) is 11.3 Å². The molecule has 0 radical (unpaired) electrons. The van der Waals surface area contributed by atoms with Crippen LogP contribution in [-0.2, 0) is 6.54 Å². The fourth-order valence-electron chi connectivity index (χ4n) is 1.86. The minimum absolute atomic E-state index is 0.565. The van der Waals surface area contributed by atoms with Gasteiger partial charge in [0.2, 0.25) is 17.8 Å². The summed E-state index contributed by atoms with van der Waals surface area (Å²) in [5.41, 5.74) is 2.89. The molecule has 2 N–H and O–H groups in total. The number of hydrogen-bond donors (Lipinski definition) is 2. The van der Waals surface area contributed by atoms with Gasteiger partial charge in [0.05, 0.1) is 17.7 Å². The molecule has 2 rings (SSSR count). The molecule has 0 fully saturated rings. The lowest BCUT2D eigenvalue weighted by atomic mass is 10.4. The second kappa shape index (κ2) is 7.16. The van der Waals surface area contributed by atoms with Crippen molar-refractivity contribution in [1.29, 1.82) is 0 Å². The number of thiazole rings is 1. The van der Waals surface area contributed by atoms with Gasteiger partial charge in [-0.05, 0) is 20.8 Å². The first-order valence-electron chi connectivity index (χ1n) is 6.99. The number of anilines is 3. The summed E-state index contributed by atoms with van der Waals surface area (Å²) in [7, 11) is 1.80. The molecule has 0 saturated carbocycles. The second-order valence-corrected chi connectivity index (χ2v) is 5.36. The summed E-state index contributed by atoms with van der Waals surface area (Å²) in [6.45, 7) is 8.55. The Hall–Kier alpha value is -1.96. The van der Waals surface area contributed by atoms with Gasteiger partial charge in [0.25, 0.3) is 0 Å². The maximum absolute atomic E-state index is 4.49. The third-order valence-electron chi connectivity index (χ3n) is 3.15. The van der Waals surface area contributed by atoms with Gasteiger partial charge in [0.1, 0.15) is 0 Å². The molecule has 0 amide bonds. The molecule has 0 spiro atoms. The van der Waals surface area contributed by atoms with Gasteiger partial charge in [-0.1, -0.05) is 0 Å². The van der Waals surface area contributed by atoms with Crippen LogP contribution in [0.3, 0.4) is 0 Å². The molecular formula is C13H21N7S. The number of aromatic nitrogens is 4. The molecule has 0 unspecified atom stereocenters. The molecule has 7 nitrogen and oxygen atoms in total. The lowest BCUT2D eigenvalue weighted by Crippen LogP contribution is -2.25. The quantitative estimate of drug-likeness (QED) is 0.811. The molecule has 2 aromatic rings. The van der Waals surface area contributed by atoms with E-state index in [2.05, 4.69) is 49.3 Å². The van der Waals surface area contributed by atoms with Crippen molar-refractivity contribution in [2.45, 2.75) is 27.3 Å². The third-order valence-corrected chi connectivity index (χ3v) is 4.08. The molecule has 2 aromatic heterocycles. The van der Waals surface area contributed by atoms with Crippen molar-refractivity contribution in [2.24, 2.45) is 0 Å². The highest BCUT2D eigenvalue weighted by Gasteiger charge is 2.11. The molecule has 0 bridgehead atoms. The van der Waals surface area contributed by atoms with E-state index in [0.29, 0.717) is 24.4 Å². The van der Waals surface area contributed by atoms with Crippen LogP contribution in [0.1, 0.15) is 24.4 Å². The highest BCUT2D eigenvalue weighted by molar-refractivity contribution is 7.09. The summed E-state index contributed by atoms with van der Waals surface area (Å²) < 4.78 is 0. The minimum atomic E-state index is 0.565. The van der Waals surface area contributed by atoms with Crippen molar-refractivity contribution in [1.82, 2.24) is 19.9 Å². The number of nitrogens with one attached hydrogen (secondary N) is 2. The predicted molar refractivity (Wildman–Crippen MR) is 87.1 cm³/mol. The second-order valence-electron chi connectivity index (χ2n) is 4.42. The molecule has 0 aromatic carbocycles. The summed E-state index contributed by atoms with van der Waals surface area (Å²) in [4.78, 5) is 20.7. The zero-order valence-corrected chi connectivity index (χ0v) is 13.7. The summed E-state index contributed by atoms with van der Waals surface area (Å²) in [6, 6.07) is 0. The Morgan fingerprint density at radius 3 is 2.43 bits per heavy atom. The Morgan fingerprint density at radius 1 is 1.14 bits per heavy atom. The van der Waals surface area contributed by atoms with Crippen molar-refractivity contribution in [3.05, 3.63) is 16.1 Å². The molecule has 0 atom stereocenters. The van der Waals surface area contributed by atoms with Crippen LogP contribution in [0.2, 0.25) is 0 Å². The third kappa shape index (κ3) is 3.78. The first-order chi connectivity index (χ1) is 10.2. The standard InChI is InChI=1S/C13H21N7S/c1-5-20(6-2)13-18-11(14-4)17-12(19-13)15-7-10-9(3)16-8-21-10/h8H,5-7H2,1-4H3,(H2,14,15,17,18,19). The number of nitrogens with zero attached hydrogens (tertiary/aromatic N) is 5. The minimum Gasteiger partial charge on any atom is -0.357 e. The number of aryl methyl sites for hydroxylation is 1. The molecule has 21 heavy (non-hydrogen) atoms. The van der Waals surface area contributed by atoms with Crippen LogP contribution >= 0.6 is 11.3 Å². The largest absolute Gasteiger partial charge is 0.357 e. The van der Waals surface area contributed by atoms with Crippen LogP contribution in [0.4, 0.5) is 17.8 Å². The van der Waals surface area contributed by atoms with E-state index in [4.69, 9.17) is 0 Å². The van der Waals surface area contributed by atoms with E-state index in [0.717, 1.165) is 18.8 Å². The van der Waals surface area contributed by atoms with Crippen LogP contribution < -0.4 is 15.5 Å². The van der Waals surface area contributed by atoms with Crippen molar-refractivity contribution in [3.8, 4) is 0 Å². The lowest BCUT2D eigenvalue weighted by molar-refractivity contribution is 0.812. The van der Waals surface area contributed by atoms with Gasteiger partial charge >= 0.3 is 0 Å². The molecule has 0 saturated heterocycles.